The highest BCUT2D eigenvalue weighted by Crippen LogP contribution is 2.25. The molecule has 86 heavy (non-hydrogen) atoms. The Balaban J connectivity index is 4.34. The van der Waals surface area contributed by atoms with Crippen molar-refractivity contribution in [3.8, 4) is 0 Å². The number of nitrogens with one attached hydrogen (secondary N) is 5. The van der Waals surface area contributed by atoms with Crippen LogP contribution in [0.2, 0.25) is 0 Å². The molecule has 0 spiro atoms. The lowest BCUT2D eigenvalue weighted by Gasteiger charge is -2.41. The van der Waals surface area contributed by atoms with Crippen molar-refractivity contribution in [3.63, 3.8) is 0 Å². The molecule has 0 saturated carbocycles. The van der Waals surface area contributed by atoms with Gasteiger partial charge in [0.15, 0.2) is 6.04 Å². The molecule has 490 valence electrons. The number of amides is 12. The summed E-state index contributed by atoms with van der Waals surface area (Å²) >= 11 is 0. The first-order chi connectivity index (χ1) is 39.6. The zero-order chi connectivity index (χ0) is 66.7. The summed E-state index contributed by atoms with van der Waals surface area (Å²) in [6, 6.07) is -12.9. The highest BCUT2D eigenvalue weighted by molar-refractivity contribution is 6.08. The van der Waals surface area contributed by atoms with Crippen molar-refractivity contribution < 1.29 is 67.7 Å². The van der Waals surface area contributed by atoms with Gasteiger partial charge in [0.2, 0.25) is 59.1 Å². The molecule has 0 radical (unpaired) electrons. The highest BCUT2D eigenvalue weighted by Gasteiger charge is 2.45. The number of carbonyl (C=O) groups excluding carboxylic acids is 12. The summed E-state index contributed by atoms with van der Waals surface area (Å²) in [5.74, 6) is -12.4. The van der Waals surface area contributed by atoms with Crippen molar-refractivity contribution in [2.45, 2.75) is 202 Å². The molecule has 1 saturated heterocycles. The van der Waals surface area contributed by atoms with E-state index in [1.807, 2.05) is 13.8 Å². The lowest BCUT2D eigenvalue weighted by atomic mass is 9.91. The number of hydrogen-bond donors (Lipinski definition) is 7. The maximum Gasteiger partial charge on any atom is 0.255 e. The number of carbonyl (C=O) groups is 12. The lowest BCUT2D eigenvalue weighted by molar-refractivity contribution is -0.156. The van der Waals surface area contributed by atoms with Crippen LogP contribution in [0.25, 0.3) is 0 Å². The predicted octanol–water partition coefficient (Wildman–Crippen LogP) is 0.0854. The zero-order valence-electron chi connectivity index (χ0n) is 55.4. The van der Waals surface area contributed by atoms with Crippen molar-refractivity contribution >= 4 is 70.9 Å². The van der Waals surface area contributed by atoms with E-state index >= 15 is 4.79 Å². The zero-order valence-corrected chi connectivity index (χ0v) is 55.4. The van der Waals surface area contributed by atoms with E-state index in [-0.39, 0.29) is 43.9 Å². The quantitative estimate of drug-likeness (QED) is 0.0845. The van der Waals surface area contributed by atoms with E-state index in [1.54, 1.807) is 74.5 Å². The molecule has 1 aliphatic heterocycles. The first-order valence-corrected chi connectivity index (χ1v) is 29.9. The second kappa shape index (κ2) is 34.6. The molecular weight excluding hydrogens is 1110 g/mol. The van der Waals surface area contributed by atoms with E-state index in [1.165, 1.54) is 82.1 Å². The van der Waals surface area contributed by atoms with Gasteiger partial charge >= 0.3 is 0 Å². The number of nitrogens with zero attached hydrogens (tertiary/aromatic N) is 7. The van der Waals surface area contributed by atoms with Crippen LogP contribution in [0.3, 0.4) is 0 Å². The van der Waals surface area contributed by atoms with Crippen molar-refractivity contribution in [1.82, 2.24) is 60.9 Å². The monoisotopic (exact) mass is 1220 g/mol. The van der Waals surface area contributed by atoms with Crippen LogP contribution < -0.4 is 26.6 Å². The third kappa shape index (κ3) is 21.9. The number of allylic oxidation sites excluding steroid dienone is 2. The molecule has 26 heteroatoms. The van der Waals surface area contributed by atoms with Crippen LogP contribution >= 0.6 is 0 Å². The number of hydrogen-bond acceptors (Lipinski definition) is 14. The molecule has 0 aliphatic carbocycles. The van der Waals surface area contributed by atoms with Crippen molar-refractivity contribution in [3.05, 3.63) is 12.2 Å². The molecule has 1 aliphatic rings. The minimum absolute atomic E-state index is 0.0397. The molecule has 12 amide bonds. The molecule has 0 aromatic heterocycles. The summed E-state index contributed by atoms with van der Waals surface area (Å²) in [4.78, 5) is 180. The first kappa shape index (κ1) is 77.3. The summed E-state index contributed by atoms with van der Waals surface area (Å²) in [5.41, 5.74) is -1.57. The highest BCUT2D eigenvalue weighted by atomic mass is 16.3. The van der Waals surface area contributed by atoms with Gasteiger partial charge in [-0.25, -0.2) is 0 Å². The molecule has 26 nitrogen and oxygen atoms in total. The van der Waals surface area contributed by atoms with Crippen LogP contribution in [0.4, 0.5) is 0 Å². The minimum Gasteiger partial charge on any atom is -0.390 e. The summed E-state index contributed by atoms with van der Waals surface area (Å²) in [6.07, 6.45) is 2.44. The average molecular weight is 1220 g/mol. The topological polar surface area (TPSA) is 328 Å². The van der Waals surface area contributed by atoms with Gasteiger partial charge in [0, 0.05) is 62.8 Å². The molecular formula is C60H106N12O14. The first-order valence-electron chi connectivity index (χ1n) is 29.9. The number of aliphatic hydroxyl groups excluding tert-OH is 1. The fraction of sp³-hybridized carbons (Fsp3) is 0.767. The summed E-state index contributed by atoms with van der Waals surface area (Å²) in [7, 11) is 10.4. The van der Waals surface area contributed by atoms with E-state index in [9.17, 15) is 63.0 Å². The van der Waals surface area contributed by atoms with Gasteiger partial charge in [-0.15, -0.1) is 0 Å². The Morgan fingerprint density at radius 3 is 1.56 bits per heavy atom. The Hall–Kier alpha value is -6.70. The molecule has 2 unspecified atom stereocenters. The van der Waals surface area contributed by atoms with Crippen molar-refractivity contribution in [1.29, 1.82) is 0 Å². The van der Waals surface area contributed by atoms with Gasteiger partial charge in [-0.3, -0.25) is 57.5 Å². The van der Waals surface area contributed by atoms with Gasteiger partial charge in [-0.05, 0) is 83.0 Å². The Morgan fingerprint density at radius 1 is 0.605 bits per heavy atom. The van der Waals surface area contributed by atoms with Gasteiger partial charge < -0.3 is 71.1 Å². The van der Waals surface area contributed by atoms with Crippen LogP contribution in [0.5, 0.6) is 0 Å². The standard InChI is InChI=1S/C60H106N12O14/c1-23-25-27-37(11)49(75)48-54(80)63-39(26-24-2)55(81)66(16)31-44(74)69(19)42(30-60(13,14)86)52(78)64-45(35(7)8)58(84)70(20)40(28-33(3)4)51(77)62-38(12)50(76)65-46(53(79)61-15)57(83)67(17)32-43(73)68(18)41(29-34(5)6)56(82)71(21)47(36(9)10)59(85)72(48)22/h23,25,33-42,45-49,75,86H,24,26-32H2,1-22H3,(H,61,79)(H,62,77)(H,63,80)(H,64,78)(H,65,76)/b25-23+/t37-,38+,39-,40-,41+,42+,45+,46?,47-,48?,49-/m1/s1. The number of aliphatic hydroxyl groups is 2. The van der Waals surface area contributed by atoms with E-state index < -0.39 is 168 Å². The van der Waals surface area contributed by atoms with Crippen molar-refractivity contribution in [2.24, 2.45) is 29.6 Å². The number of rotatable bonds is 15. The van der Waals surface area contributed by atoms with Crippen LogP contribution in [0.1, 0.15) is 135 Å². The summed E-state index contributed by atoms with van der Waals surface area (Å²) < 4.78 is 0. The maximum atomic E-state index is 15.1. The average Bonchev–Trinajstić information content (AvgIpc) is 2.08. The molecule has 1 fully saturated rings. The Bertz CT molecular complexity index is 2410. The molecule has 0 aromatic rings. The van der Waals surface area contributed by atoms with E-state index in [0.717, 1.165) is 29.4 Å². The normalized spacial score (nSPS) is 25.8. The Labute approximate surface area is 510 Å². The number of likely N-dealkylation sites (N-methyl/N-ethyl adjacent to an activating group) is 8. The maximum absolute atomic E-state index is 15.1. The smallest absolute Gasteiger partial charge is 0.255 e. The molecule has 1 heterocycles. The summed E-state index contributed by atoms with van der Waals surface area (Å²) in [5, 5.41) is 35.9. The third-order valence-electron chi connectivity index (χ3n) is 15.6. The third-order valence-corrected chi connectivity index (χ3v) is 15.6. The van der Waals surface area contributed by atoms with Gasteiger partial charge in [-0.1, -0.05) is 87.8 Å². The minimum atomic E-state index is -1.93. The van der Waals surface area contributed by atoms with E-state index in [0.29, 0.717) is 6.42 Å². The SMILES string of the molecule is C/C=C/C[C@@H](C)[C@@H](O)C1C(=O)N[C@H](CCC)C(=O)N(C)CC(=O)N(C)[C@@H](CC(C)(C)O)C(=O)N[C@@H](C(C)C)C(=O)N(C)[C@H](CC(C)C)C(=O)N[C@@H](C)C(=O)NC(C(=O)NC)C(=O)N(C)CC(=O)N(C)[C@@H](CC(C)C)C(=O)N(C)[C@H](C(C)C)C(=O)N1C. The fourth-order valence-corrected chi connectivity index (χ4v) is 10.2. The second-order valence-corrected chi connectivity index (χ2v) is 25.3. The van der Waals surface area contributed by atoms with Crippen LogP contribution in [0.15, 0.2) is 12.2 Å². The molecule has 0 aromatic carbocycles. The molecule has 7 N–H and O–H groups in total. The molecule has 0 bridgehead atoms. The fourth-order valence-electron chi connectivity index (χ4n) is 10.2. The van der Waals surface area contributed by atoms with Gasteiger partial charge in [0.25, 0.3) is 11.8 Å². The van der Waals surface area contributed by atoms with E-state index in [4.69, 9.17) is 0 Å². The van der Waals surface area contributed by atoms with Gasteiger partial charge in [0.1, 0.15) is 48.3 Å². The molecule has 1 rings (SSSR count). The summed E-state index contributed by atoms with van der Waals surface area (Å²) in [6.45, 7) is 21.9. The van der Waals surface area contributed by atoms with E-state index in [2.05, 4.69) is 26.6 Å². The Morgan fingerprint density at radius 2 is 1.09 bits per heavy atom. The second-order valence-electron chi connectivity index (χ2n) is 25.3. The van der Waals surface area contributed by atoms with Crippen LogP contribution in [-0.2, 0) is 57.5 Å². The van der Waals surface area contributed by atoms with Crippen LogP contribution in [-0.4, -0.2) is 251 Å². The van der Waals surface area contributed by atoms with Crippen molar-refractivity contribution in [2.75, 3.05) is 69.5 Å². The van der Waals surface area contributed by atoms with Gasteiger partial charge in [0.05, 0.1) is 24.8 Å². The lowest BCUT2D eigenvalue weighted by Crippen LogP contribution is -2.63. The van der Waals surface area contributed by atoms with Crippen LogP contribution in [0, 0.1) is 29.6 Å². The van der Waals surface area contributed by atoms with Gasteiger partial charge in [-0.2, -0.15) is 0 Å². The predicted molar refractivity (Wildman–Crippen MR) is 325 cm³/mol. The largest absolute Gasteiger partial charge is 0.390 e. The Kier molecular flexibility index (Phi) is 31.1. The molecule has 11 atom stereocenters.